The highest BCUT2D eigenvalue weighted by molar-refractivity contribution is 6.30. The molecule has 0 saturated heterocycles. The molecule has 18 heavy (non-hydrogen) atoms. The minimum atomic E-state index is 0.714. The van der Waals surface area contributed by atoms with Gasteiger partial charge < -0.3 is 5.32 Å². The number of nitrogens with zero attached hydrogens (tertiary/aromatic N) is 2. The zero-order valence-electron chi connectivity index (χ0n) is 9.94. The van der Waals surface area contributed by atoms with Crippen molar-refractivity contribution >= 4 is 17.4 Å². The van der Waals surface area contributed by atoms with E-state index in [0.29, 0.717) is 5.02 Å². The van der Waals surface area contributed by atoms with Gasteiger partial charge in [0.25, 0.3) is 0 Å². The lowest BCUT2D eigenvalue weighted by molar-refractivity contribution is 0.881. The molecule has 0 unspecified atom stereocenters. The molecule has 3 rings (SSSR count). The maximum Gasteiger partial charge on any atom is 0.152 e. The first-order valence-corrected chi connectivity index (χ1v) is 6.51. The van der Waals surface area contributed by atoms with Gasteiger partial charge in [0.1, 0.15) is 5.69 Å². The highest BCUT2D eigenvalue weighted by Crippen LogP contribution is 2.30. The van der Waals surface area contributed by atoms with Gasteiger partial charge in [-0.05, 0) is 30.9 Å². The summed E-state index contributed by atoms with van der Waals surface area (Å²) in [7, 11) is 0. The Morgan fingerprint density at radius 3 is 2.83 bits per heavy atom. The lowest BCUT2D eigenvalue weighted by Gasteiger charge is -2.09. The molecule has 92 valence electrons. The quantitative estimate of drug-likeness (QED) is 0.911. The highest BCUT2D eigenvalue weighted by Gasteiger charge is 2.21. The van der Waals surface area contributed by atoms with Crippen LogP contribution >= 0.6 is 11.6 Å². The van der Waals surface area contributed by atoms with E-state index in [4.69, 9.17) is 11.6 Å². The average molecular weight is 260 g/mol. The lowest BCUT2D eigenvalue weighted by Crippen LogP contribution is -2.07. The first kappa shape index (κ1) is 11.5. The standard InChI is InChI=1S/C14H14ClN3/c15-12-3-1-2-11(8-12)13-14(17-7-6-16-13)18-9-10-4-5-10/h1-3,6-8,10H,4-5,9H2,(H,17,18). The predicted molar refractivity (Wildman–Crippen MR) is 73.7 cm³/mol. The van der Waals surface area contributed by atoms with Gasteiger partial charge in [-0.25, -0.2) is 4.98 Å². The smallest absolute Gasteiger partial charge is 0.152 e. The second kappa shape index (κ2) is 4.94. The number of halogens is 1. The van der Waals surface area contributed by atoms with Crippen LogP contribution in [0.2, 0.25) is 5.02 Å². The third-order valence-corrected chi connectivity index (χ3v) is 3.29. The molecule has 3 nitrogen and oxygen atoms in total. The number of nitrogens with one attached hydrogen (secondary N) is 1. The molecule has 1 N–H and O–H groups in total. The second-order valence-corrected chi connectivity index (χ2v) is 5.02. The van der Waals surface area contributed by atoms with Crippen LogP contribution in [-0.4, -0.2) is 16.5 Å². The monoisotopic (exact) mass is 259 g/mol. The van der Waals surface area contributed by atoms with Gasteiger partial charge in [-0.1, -0.05) is 23.7 Å². The number of hydrogen-bond donors (Lipinski definition) is 1. The largest absolute Gasteiger partial charge is 0.368 e. The van der Waals surface area contributed by atoms with Crippen molar-refractivity contribution in [2.45, 2.75) is 12.8 Å². The first-order valence-electron chi connectivity index (χ1n) is 6.14. The summed E-state index contributed by atoms with van der Waals surface area (Å²) in [6, 6.07) is 7.70. The van der Waals surface area contributed by atoms with E-state index in [1.807, 2.05) is 24.3 Å². The fourth-order valence-electron chi connectivity index (χ4n) is 1.88. The fraction of sp³-hybridized carbons (Fsp3) is 0.286. The molecule has 1 aliphatic rings. The number of benzene rings is 1. The van der Waals surface area contributed by atoms with Crippen molar-refractivity contribution < 1.29 is 0 Å². The third kappa shape index (κ3) is 2.62. The Balaban J connectivity index is 1.89. The van der Waals surface area contributed by atoms with E-state index < -0.39 is 0 Å². The van der Waals surface area contributed by atoms with Crippen LogP contribution < -0.4 is 5.32 Å². The van der Waals surface area contributed by atoms with Crippen molar-refractivity contribution in [1.82, 2.24) is 9.97 Å². The molecule has 1 saturated carbocycles. The van der Waals surface area contributed by atoms with Crippen molar-refractivity contribution in [3.05, 3.63) is 41.7 Å². The van der Waals surface area contributed by atoms with Crippen LogP contribution in [0.3, 0.4) is 0 Å². The van der Waals surface area contributed by atoms with Gasteiger partial charge in [-0.3, -0.25) is 4.98 Å². The Labute approximate surface area is 111 Å². The van der Waals surface area contributed by atoms with Gasteiger partial charge in [-0.2, -0.15) is 0 Å². The normalized spacial score (nSPS) is 14.5. The zero-order valence-corrected chi connectivity index (χ0v) is 10.7. The summed E-state index contributed by atoms with van der Waals surface area (Å²) in [5.41, 5.74) is 1.86. The molecule has 0 radical (unpaired) electrons. The highest BCUT2D eigenvalue weighted by atomic mass is 35.5. The van der Waals surface area contributed by atoms with Crippen molar-refractivity contribution in [3.8, 4) is 11.3 Å². The Kier molecular flexibility index (Phi) is 3.15. The van der Waals surface area contributed by atoms with Crippen LogP contribution in [0.4, 0.5) is 5.82 Å². The van der Waals surface area contributed by atoms with Gasteiger partial charge in [0.2, 0.25) is 0 Å². The van der Waals surface area contributed by atoms with Crippen LogP contribution in [-0.2, 0) is 0 Å². The van der Waals surface area contributed by atoms with Crippen molar-refractivity contribution in [2.24, 2.45) is 5.92 Å². The predicted octanol–water partition coefficient (Wildman–Crippen LogP) is 3.62. The Morgan fingerprint density at radius 1 is 1.22 bits per heavy atom. The first-order chi connectivity index (χ1) is 8.83. The summed E-state index contributed by atoms with van der Waals surface area (Å²) < 4.78 is 0. The maximum absolute atomic E-state index is 6.02. The van der Waals surface area contributed by atoms with Crippen LogP contribution in [0, 0.1) is 5.92 Å². The molecule has 1 heterocycles. The van der Waals surface area contributed by atoms with Crippen LogP contribution in [0.15, 0.2) is 36.7 Å². The molecule has 0 spiro atoms. The zero-order chi connectivity index (χ0) is 12.4. The number of rotatable bonds is 4. The average Bonchev–Trinajstić information content (AvgIpc) is 3.21. The summed E-state index contributed by atoms with van der Waals surface area (Å²) in [6.07, 6.45) is 6.06. The Bertz CT molecular complexity index is 552. The molecule has 2 aromatic rings. The number of anilines is 1. The minimum Gasteiger partial charge on any atom is -0.368 e. The minimum absolute atomic E-state index is 0.714. The molecular weight excluding hydrogens is 246 g/mol. The van der Waals surface area contributed by atoms with Gasteiger partial charge in [0.15, 0.2) is 5.82 Å². The summed E-state index contributed by atoms with van der Waals surface area (Å²) in [4.78, 5) is 8.77. The summed E-state index contributed by atoms with van der Waals surface area (Å²) in [5, 5.41) is 4.09. The number of hydrogen-bond acceptors (Lipinski definition) is 3. The fourth-order valence-corrected chi connectivity index (χ4v) is 2.07. The SMILES string of the molecule is Clc1cccc(-c2nccnc2NCC2CC2)c1. The maximum atomic E-state index is 6.02. The van der Waals surface area contributed by atoms with E-state index in [1.54, 1.807) is 12.4 Å². The molecular formula is C14H14ClN3. The molecule has 0 bridgehead atoms. The van der Waals surface area contributed by atoms with Crippen LogP contribution in [0.25, 0.3) is 11.3 Å². The molecule has 1 aromatic heterocycles. The van der Waals surface area contributed by atoms with Crippen LogP contribution in [0.1, 0.15) is 12.8 Å². The molecule has 0 amide bonds. The van der Waals surface area contributed by atoms with Crippen LogP contribution in [0.5, 0.6) is 0 Å². The van der Waals surface area contributed by atoms with Gasteiger partial charge in [0, 0.05) is 29.5 Å². The second-order valence-electron chi connectivity index (χ2n) is 4.59. The number of aromatic nitrogens is 2. The summed E-state index contributed by atoms with van der Waals surface area (Å²) in [6.45, 7) is 0.978. The third-order valence-electron chi connectivity index (χ3n) is 3.05. The molecule has 1 aliphatic carbocycles. The molecule has 0 atom stereocenters. The van der Waals surface area contributed by atoms with Crippen molar-refractivity contribution in [1.29, 1.82) is 0 Å². The van der Waals surface area contributed by atoms with E-state index in [1.165, 1.54) is 12.8 Å². The molecule has 1 fully saturated rings. The molecule has 1 aromatic carbocycles. The van der Waals surface area contributed by atoms with E-state index in [9.17, 15) is 0 Å². The van der Waals surface area contributed by atoms with E-state index >= 15 is 0 Å². The summed E-state index contributed by atoms with van der Waals surface area (Å²) in [5.74, 6) is 1.64. The van der Waals surface area contributed by atoms with Gasteiger partial charge >= 0.3 is 0 Å². The van der Waals surface area contributed by atoms with Crippen molar-refractivity contribution in [3.63, 3.8) is 0 Å². The summed E-state index contributed by atoms with van der Waals surface area (Å²) >= 11 is 6.02. The van der Waals surface area contributed by atoms with Crippen molar-refractivity contribution in [2.75, 3.05) is 11.9 Å². The van der Waals surface area contributed by atoms with Gasteiger partial charge in [0.05, 0.1) is 0 Å². The lowest BCUT2D eigenvalue weighted by atomic mass is 10.1. The molecule has 4 heteroatoms. The topological polar surface area (TPSA) is 37.8 Å². The van der Waals surface area contributed by atoms with E-state index in [0.717, 1.165) is 29.5 Å². The van der Waals surface area contributed by atoms with E-state index in [-0.39, 0.29) is 0 Å². The van der Waals surface area contributed by atoms with Gasteiger partial charge in [-0.15, -0.1) is 0 Å². The Morgan fingerprint density at radius 2 is 2.06 bits per heavy atom. The molecule has 0 aliphatic heterocycles. The Hall–Kier alpha value is -1.61. The van der Waals surface area contributed by atoms with E-state index in [2.05, 4.69) is 15.3 Å².